The van der Waals surface area contributed by atoms with Crippen molar-refractivity contribution >= 4 is 57.7 Å². The Morgan fingerprint density at radius 1 is 1.06 bits per heavy atom. The van der Waals surface area contributed by atoms with Crippen LogP contribution in [0.1, 0.15) is 5.56 Å². The number of halogens is 5. The number of alkyl halides is 3. The first kappa shape index (κ1) is 25.1. The predicted molar refractivity (Wildman–Crippen MR) is 134 cm³/mol. The van der Waals surface area contributed by atoms with E-state index in [2.05, 4.69) is 32.5 Å². The van der Waals surface area contributed by atoms with E-state index >= 15 is 0 Å². The molecule has 4 aromatic rings. The lowest BCUT2D eigenvalue weighted by Gasteiger charge is -2.15. The monoisotopic (exact) mass is 533 g/mol. The largest absolute Gasteiger partial charge is 0.416 e. The van der Waals surface area contributed by atoms with Crippen LogP contribution in [0.3, 0.4) is 0 Å². The van der Waals surface area contributed by atoms with Gasteiger partial charge in [-0.3, -0.25) is 4.79 Å². The molecule has 2 aromatic heterocycles. The number of carbonyl (C=O) groups is 1. The number of hydrogen-bond acceptors (Lipinski definition) is 6. The van der Waals surface area contributed by atoms with E-state index in [9.17, 15) is 22.4 Å². The van der Waals surface area contributed by atoms with Crippen LogP contribution in [0.5, 0.6) is 0 Å². The maximum Gasteiger partial charge on any atom is 0.416 e. The van der Waals surface area contributed by atoms with Crippen LogP contribution in [0.2, 0.25) is 4.34 Å². The van der Waals surface area contributed by atoms with Gasteiger partial charge in [-0.05, 0) is 48.0 Å². The smallest absolute Gasteiger partial charge is 0.337 e. The van der Waals surface area contributed by atoms with Crippen LogP contribution in [0.15, 0.2) is 72.8 Å². The molecule has 0 aliphatic rings. The number of aromatic nitrogens is 2. The van der Waals surface area contributed by atoms with E-state index in [0.29, 0.717) is 26.8 Å². The summed E-state index contributed by atoms with van der Waals surface area (Å²) in [6, 6.07) is 9.94. The van der Waals surface area contributed by atoms with E-state index in [0.717, 1.165) is 24.3 Å². The molecule has 0 radical (unpaired) electrons. The van der Waals surface area contributed by atoms with Crippen molar-refractivity contribution < 1.29 is 22.4 Å². The predicted octanol–water partition coefficient (Wildman–Crippen LogP) is 7.63. The van der Waals surface area contributed by atoms with Gasteiger partial charge in [0.05, 0.1) is 21.3 Å². The van der Waals surface area contributed by atoms with Gasteiger partial charge in [0.25, 0.3) is 0 Å². The molecule has 0 fully saturated rings. The second kappa shape index (κ2) is 10.3. The molecule has 36 heavy (non-hydrogen) atoms. The van der Waals surface area contributed by atoms with E-state index in [1.807, 2.05) is 0 Å². The molecule has 2 heterocycles. The Hall–Kier alpha value is -3.96. The van der Waals surface area contributed by atoms with Crippen LogP contribution < -0.4 is 16.0 Å². The van der Waals surface area contributed by atoms with E-state index in [4.69, 9.17) is 11.6 Å². The summed E-state index contributed by atoms with van der Waals surface area (Å²) in [6.07, 6.45) is -2.03. The van der Waals surface area contributed by atoms with Gasteiger partial charge in [-0.2, -0.15) is 18.2 Å². The van der Waals surface area contributed by atoms with Crippen molar-refractivity contribution in [3.8, 4) is 11.1 Å². The highest BCUT2D eigenvalue weighted by molar-refractivity contribution is 7.14. The van der Waals surface area contributed by atoms with Crippen molar-refractivity contribution in [3.63, 3.8) is 0 Å². The highest BCUT2D eigenvalue weighted by Crippen LogP contribution is 2.35. The van der Waals surface area contributed by atoms with Crippen LogP contribution >= 0.6 is 22.9 Å². The van der Waals surface area contributed by atoms with Crippen LogP contribution in [0.25, 0.3) is 11.1 Å². The molecule has 0 spiro atoms. The summed E-state index contributed by atoms with van der Waals surface area (Å²) in [5.41, 5.74) is 0.753. The standard InChI is InChI=1S/C24H16ClF4N5OS/c1-2-21(35)31-15-7-8-18(26)19(9-15)33-22-17(13-3-5-14(6-4-13)24(27,28)29)11-30-23(34-22)32-16-10-20(25)36-12-16/h2-12H,1H2,(H,31,35)(H2,30,32,33,34). The van der Waals surface area contributed by atoms with Crippen molar-refractivity contribution in [2.75, 3.05) is 16.0 Å². The summed E-state index contributed by atoms with van der Waals surface area (Å²) in [5.74, 6) is -0.887. The minimum absolute atomic E-state index is 0.0340. The average Bonchev–Trinajstić information content (AvgIpc) is 3.25. The fourth-order valence-electron chi connectivity index (χ4n) is 3.11. The zero-order valence-corrected chi connectivity index (χ0v) is 19.7. The molecular formula is C24H16ClF4N5OS. The Morgan fingerprint density at radius 3 is 2.44 bits per heavy atom. The van der Waals surface area contributed by atoms with Crippen LogP contribution in [0, 0.1) is 5.82 Å². The van der Waals surface area contributed by atoms with Crippen molar-refractivity contribution in [1.29, 1.82) is 0 Å². The summed E-state index contributed by atoms with van der Waals surface area (Å²) in [7, 11) is 0. The van der Waals surface area contributed by atoms with Crippen LogP contribution in [-0.4, -0.2) is 15.9 Å². The summed E-state index contributed by atoms with van der Waals surface area (Å²) in [5, 5.41) is 10.1. The van der Waals surface area contributed by atoms with Crippen molar-refractivity contribution in [3.05, 3.63) is 88.5 Å². The zero-order chi connectivity index (χ0) is 25.9. The van der Waals surface area contributed by atoms with Crippen molar-refractivity contribution in [2.45, 2.75) is 6.18 Å². The van der Waals surface area contributed by atoms with Gasteiger partial charge in [0, 0.05) is 22.8 Å². The second-order valence-electron chi connectivity index (χ2n) is 7.31. The molecule has 1 amide bonds. The van der Waals surface area contributed by atoms with Crippen LogP contribution in [0.4, 0.5) is 46.4 Å². The summed E-state index contributed by atoms with van der Waals surface area (Å²) in [4.78, 5) is 20.3. The van der Waals surface area contributed by atoms with Gasteiger partial charge in [-0.15, -0.1) is 11.3 Å². The molecule has 0 bridgehead atoms. The number of nitrogens with zero attached hydrogens (tertiary/aromatic N) is 2. The van der Waals surface area contributed by atoms with Gasteiger partial charge in [0.1, 0.15) is 11.6 Å². The highest BCUT2D eigenvalue weighted by Gasteiger charge is 2.30. The number of anilines is 5. The number of amides is 1. The second-order valence-corrected chi connectivity index (χ2v) is 8.85. The van der Waals surface area contributed by atoms with Crippen molar-refractivity contribution in [2.24, 2.45) is 0 Å². The lowest BCUT2D eigenvalue weighted by atomic mass is 10.1. The molecule has 12 heteroatoms. The number of benzene rings is 2. The lowest BCUT2D eigenvalue weighted by molar-refractivity contribution is -0.137. The Balaban J connectivity index is 1.74. The SMILES string of the molecule is C=CC(=O)Nc1ccc(F)c(Nc2nc(Nc3csc(Cl)c3)ncc2-c2ccc(C(F)(F)F)cc2)c1. The third-order valence-electron chi connectivity index (χ3n) is 4.81. The molecule has 6 nitrogen and oxygen atoms in total. The highest BCUT2D eigenvalue weighted by atomic mass is 35.5. The average molecular weight is 534 g/mol. The van der Waals surface area contributed by atoms with Gasteiger partial charge >= 0.3 is 6.18 Å². The summed E-state index contributed by atoms with van der Waals surface area (Å²) >= 11 is 7.25. The molecular weight excluding hydrogens is 518 g/mol. The number of nitrogens with one attached hydrogen (secondary N) is 3. The van der Waals surface area contributed by atoms with Gasteiger partial charge in [0.15, 0.2) is 0 Å². The Labute approximate surface area is 211 Å². The van der Waals surface area contributed by atoms with Gasteiger partial charge in [0.2, 0.25) is 11.9 Å². The maximum atomic E-state index is 14.7. The third-order valence-corrected chi connectivity index (χ3v) is 5.90. The number of hydrogen-bond donors (Lipinski definition) is 3. The third kappa shape index (κ3) is 5.99. The fourth-order valence-corrected chi connectivity index (χ4v) is 3.92. The molecule has 2 aromatic carbocycles. The molecule has 0 saturated heterocycles. The zero-order valence-electron chi connectivity index (χ0n) is 18.2. The number of rotatable bonds is 7. The number of thiophene rings is 1. The van der Waals surface area contributed by atoms with E-state index < -0.39 is 23.5 Å². The first-order valence-electron chi connectivity index (χ1n) is 10.2. The Kier molecular flexibility index (Phi) is 7.22. The first-order chi connectivity index (χ1) is 17.1. The lowest BCUT2D eigenvalue weighted by Crippen LogP contribution is -2.08. The first-order valence-corrected chi connectivity index (χ1v) is 11.4. The summed E-state index contributed by atoms with van der Waals surface area (Å²) < 4.78 is 54.2. The van der Waals surface area contributed by atoms with E-state index in [-0.39, 0.29) is 17.5 Å². The Morgan fingerprint density at radius 2 is 1.81 bits per heavy atom. The molecule has 0 saturated carbocycles. The van der Waals surface area contributed by atoms with Crippen molar-refractivity contribution in [1.82, 2.24) is 9.97 Å². The molecule has 0 aliphatic carbocycles. The van der Waals surface area contributed by atoms with Gasteiger partial charge < -0.3 is 16.0 Å². The summed E-state index contributed by atoms with van der Waals surface area (Å²) in [6.45, 7) is 3.37. The molecule has 0 atom stereocenters. The normalized spacial score (nSPS) is 11.1. The molecule has 3 N–H and O–H groups in total. The minimum Gasteiger partial charge on any atom is -0.337 e. The minimum atomic E-state index is -4.49. The molecule has 0 unspecified atom stereocenters. The van der Waals surface area contributed by atoms with E-state index in [1.165, 1.54) is 41.8 Å². The topological polar surface area (TPSA) is 78.9 Å². The molecule has 0 aliphatic heterocycles. The fraction of sp³-hybridized carbons (Fsp3) is 0.0417. The quantitative estimate of drug-likeness (QED) is 0.168. The van der Waals surface area contributed by atoms with E-state index in [1.54, 1.807) is 11.4 Å². The number of carbonyl (C=O) groups excluding carboxylic acids is 1. The molecule has 4 rings (SSSR count). The van der Waals surface area contributed by atoms with Crippen LogP contribution in [-0.2, 0) is 11.0 Å². The van der Waals surface area contributed by atoms with Gasteiger partial charge in [-0.25, -0.2) is 9.37 Å². The maximum absolute atomic E-state index is 14.7. The van der Waals surface area contributed by atoms with Gasteiger partial charge in [-0.1, -0.05) is 30.3 Å². The molecule has 184 valence electrons. The Bertz CT molecular complexity index is 1420.